The molecule has 1 N–H and O–H groups in total. The van der Waals surface area contributed by atoms with Crippen molar-refractivity contribution in [3.8, 4) is 0 Å². The fourth-order valence-electron chi connectivity index (χ4n) is 2.26. The van der Waals surface area contributed by atoms with E-state index in [4.69, 9.17) is 4.74 Å². The summed E-state index contributed by atoms with van der Waals surface area (Å²) in [6.07, 6.45) is 1.39. The maximum absolute atomic E-state index is 12.4. The average Bonchev–Trinajstić information content (AvgIpc) is 2.45. The molecule has 1 aliphatic heterocycles. The van der Waals surface area contributed by atoms with Gasteiger partial charge in [-0.1, -0.05) is 0 Å². The second kappa shape index (κ2) is 5.82. The maximum Gasteiger partial charge on any atom is 0.410 e. The van der Waals surface area contributed by atoms with Gasteiger partial charge in [0.2, 0.25) is 5.43 Å². The summed E-state index contributed by atoms with van der Waals surface area (Å²) < 4.78 is 9.90. The number of hydrogen-bond donors (Lipinski definition) is 1. The highest BCUT2D eigenvalue weighted by Crippen LogP contribution is 2.18. The second-order valence-corrected chi connectivity index (χ2v) is 6.13. The molecule has 0 atom stereocenters. The lowest BCUT2D eigenvalue weighted by atomic mass is 10.0. The summed E-state index contributed by atoms with van der Waals surface area (Å²) in [7, 11) is 1.22. The first-order valence-corrected chi connectivity index (χ1v) is 7.02. The monoisotopic (exact) mass is 308 g/mol. The molecule has 0 unspecified atom stereocenters. The number of aromatic amines is 1. The van der Waals surface area contributed by atoms with Gasteiger partial charge < -0.3 is 19.4 Å². The van der Waals surface area contributed by atoms with Gasteiger partial charge in [0.1, 0.15) is 11.2 Å². The van der Waals surface area contributed by atoms with Crippen molar-refractivity contribution >= 4 is 12.1 Å². The molecule has 0 aliphatic carbocycles. The van der Waals surface area contributed by atoms with Crippen molar-refractivity contribution in [2.24, 2.45) is 0 Å². The average molecular weight is 308 g/mol. The van der Waals surface area contributed by atoms with Crippen molar-refractivity contribution in [2.75, 3.05) is 13.7 Å². The fraction of sp³-hybridized carbons (Fsp3) is 0.533. The van der Waals surface area contributed by atoms with Gasteiger partial charge in [-0.2, -0.15) is 0 Å². The van der Waals surface area contributed by atoms with Crippen LogP contribution in [-0.4, -0.2) is 41.2 Å². The number of methoxy groups -OCH3 is 1. The number of fused-ring (bicyclic) bond motifs is 1. The van der Waals surface area contributed by atoms with E-state index in [1.165, 1.54) is 18.2 Å². The molecule has 1 aromatic heterocycles. The molecule has 0 saturated carbocycles. The molecular weight excluding hydrogens is 288 g/mol. The van der Waals surface area contributed by atoms with Crippen LogP contribution in [0.3, 0.4) is 0 Å². The zero-order valence-electron chi connectivity index (χ0n) is 13.2. The van der Waals surface area contributed by atoms with Gasteiger partial charge in [0.15, 0.2) is 0 Å². The molecule has 0 saturated heterocycles. The zero-order chi connectivity index (χ0) is 16.5. The Kier molecular flexibility index (Phi) is 4.25. The van der Waals surface area contributed by atoms with E-state index in [-0.39, 0.29) is 12.1 Å². The Bertz CT molecular complexity index is 657. The lowest BCUT2D eigenvalue weighted by Gasteiger charge is -2.30. The molecule has 120 valence electrons. The SMILES string of the molecule is COC(=O)c1c[nH]c2c(c1=O)CN(C(=O)OC(C)(C)C)CC2. The molecule has 1 aliphatic rings. The lowest BCUT2D eigenvalue weighted by Crippen LogP contribution is -2.42. The van der Waals surface area contributed by atoms with Crippen LogP contribution in [0.5, 0.6) is 0 Å². The molecule has 1 amide bonds. The predicted molar refractivity (Wildman–Crippen MR) is 78.8 cm³/mol. The number of nitrogens with zero attached hydrogens (tertiary/aromatic N) is 1. The van der Waals surface area contributed by atoms with E-state index >= 15 is 0 Å². The Morgan fingerprint density at radius 2 is 2.00 bits per heavy atom. The molecule has 1 aromatic rings. The number of amides is 1. The lowest BCUT2D eigenvalue weighted by molar-refractivity contribution is 0.0222. The highest BCUT2D eigenvalue weighted by atomic mass is 16.6. The van der Waals surface area contributed by atoms with Gasteiger partial charge >= 0.3 is 12.1 Å². The summed E-state index contributed by atoms with van der Waals surface area (Å²) in [6, 6.07) is 0. The van der Waals surface area contributed by atoms with Crippen LogP contribution in [0, 0.1) is 0 Å². The minimum atomic E-state index is -0.696. The van der Waals surface area contributed by atoms with Crippen molar-refractivity contribution in [1.29, 1.82) is 0 Å². The molecule has 22 heavy (non-hydrogen) atoms. The minimum absolute atomic E-state index is 0.0627. The van der Waals surface area contributed by atoms with Crippen molar-refractivity contribution in [1.82, 2.24) is 9.88 Å². The van der Waals surface area contributed by atoms with Crippen LogP contribution in [-0.2, 0) is 22.4 Å². The number of nitrogens with one attached hydrogen (secondary N) is 1. The van der Waals surface area contributed by atoms with Crippen LogP contribution in [0.1, 0.15) is 42.4 Å². The number of carbonyl (C=O) groups excluding carboxylic acids is 2. The van der Waals surface area contributed by atoms with Crippen molar-refractivity contribution in [3.05, 3.63) is 33.2 Å². The number of hydrogen-bond acceptors (Lipinski definition) is 5. The number of aromatic nitrogens is 1. The van der Waals surface area contributed by atoms with Crippen LogP contribution >= 0.6 is 0 Å². The highest BCUT2D eigenvalue weighted by Gasteiger charge is 2.28. The van der Waals surface area contributed by atoms with Gasteiger partial charge in [0.05, 0.1) is 13.7 Å². The van der Waals surface area contributed by atoms with Gasteiger partial charge in [0, 0.05) is 30.4 Å². The number of H-pyrrole nitrogens is 1. The number of carbonyl (C=O) groups is 2. The Morgan fingerprint density at radius 1 is 1.32 bits per heavy atom. The van der Waals surface area contributed by atoms with Gasteiger partial charge in [-0.3, -0.25) is 4.79 Å². The number of ether oxygens (including phenoxy) is 2. The van der Waals surface area contributed by atoms with Crippen LogP contribution in [0.4, 0.5) is 4.79 Å². The van der Waals surface area contributed by atoms with Crippen molar-refractivity contribution < 1.29 is 19.1 Å². The number of esters is 1. The molecule has 0 radical (unpaired) electrons. The maximum atomic E-state index is 12.4. The quantitative estimate of drug-likeness (QED) is 0.793. The summed E-state index contributed by atoms with van der Waals surface area (Å²) in [5.74, 6) is -0.696. The fourth-order valence-corrected chi connectivity index (χ4v) is 2.26. The molecule has 0 aromatic carbocycles. The Balaban J connectivity index is 2.27. The number of rotatable bonds is 1. The van der Waals surface area contributed by atoms with Crippen LogP contribution in [0.15, 0.2) is 11.0 Å². The third kappa shape index (κ3) is 3.29. The van der Waals surface area contributed by atoms with Crippen LogP contribution in [0.25, 0.3) is 0 Å². The molecule has 0 bridgehead atoms. The van der Waals surface area contributed by atoms with Gasteiger partial charge in [-0.05, 0) is 20.8 Å². The summed E-state index contributed by atoms with van der Waals surface area (Å²) in [5.41, 5.74) is 0.0658. The van der Waals surface area contributed by atoms with E-state index in [2.05, 4.69) is 9.72 Å². The highest BCUT2D eigenvalue weighted by molar-refractivity contribution is 5.89. The Morgan fingerprint density at radius 3 is 2.59 bits per heavy atom. The minimum Gasteiger partial charge on any atom is -0.465 e. The van der Waals surface area contributed by atoms with E-state index in [9.17, 15) is 14.4 Å². The topological polar surface area (TPSA) is 88.7 Å². The molecule has 7 nitrogen and oxygen atoms in total. The molecule has 0 spiro atoms. The van der Waals surface area contributed by atoms with E-state index in [0.717, 1.165) is 5.69 Å². The molecular formula is C15H20N2O5. The molecule has 7 heteroatoms. The standard InChI is InChI=1S/C15H20N2O5/c1-15(2,3)22-14(20)17-6-5-11-10(8-17)12(18)9(7-16-11)13(19)21-4/h7H,5-6,8H2,1-4H3,(H,16,18). The summed E-state index contributed by atoms with van der Waals surface area (Å²) in [4.78, 5) is 40.5. The first-order chi connectivity index (χ1) is 10.2. The van der Waals surface area contributed by atoms with Gasteiger partial charge in [-0.15, -0.1) is 0 Å². The van der Waals surface area contributed by atoms with Crippen LogP contribution < -0.4 is 5.43 Å². The van der Waals surface area contributed by atoms with Crippen molar-refractivity contribution in [2.45, 2.75) is 39.3 Å². The normalized spacial score (nSPS) is 14.3. The smallest absolute Gasteiger partial charge is 0.410 e. The Labute approximate surface area is 128 Å². The first-order valence-electron chi connectivity index (χ1n) is 7.02. The van der Waals surface area contributed by atoms with E-state index in [1.807, 2.05) is 0 Å². The second-order valence-electron chi connectivity index (χ2n) is 6.13. The molecule has 2 rings (SSSR count). The third-order valence-corrected chi connectivity index (χ3v) is 3.31. The predicted octanol–water partition coefficient (Wildman–Crippen LogP) is 1.45. The van der Waals surface area contributed by atoms with Gasteiger partial charge in [0.25, 0.3) is 0 Å². The van der Waals surface area contributed by atoms with E-state index < -0.39 is 23.1 Å². The molecule has 2 heterocycles. The van der Waals surface area contributed by atoms with E-state index in [0.29, 0.717) is 18.5 Å². The van der Waals surface area contributed by atoms with Gasteiger partial charge in [-0.25, -0.2) is 9.59 Å². The summed E-state index contributed by atoms with van der Waals surface area (Å²) >= 11 is 0. The third-order valence-electron chi connectivity index (χ3n) is 3.31. The van der Waals surface area contributed by atoms with Crippen molar-refractivity contribution in [3.63, 3.8) is 0 Å². The number of pyridine rings is 1. The van der Waals surface area contributed by atoms with Crippen LogP contribution in [0.2, 0.25) is 0 Å². The zero-order valence-corrected chi connectivity index (χ0v) is 13.2. The first kappa shape index (κ1) is 16.1. The summed E-state index contributed by atoms with van der Waals surface area (Å²) in [5, 5.41) is 0. The summed E-state index contributed by atoms with van der Waals surface area (Å²) in [6.45, 7) is 5.92. The van der Waals surface area contributed by atoms with E-state index in [1.54, 1.807) is 20.8 Å². The molecule has 0 fully saturated rings. The Hall–Kier alpha value is -2.31. The largest absolute Gasteiger partial charge is 0.465 e.